The molecular weight excluding hydrogens is 360 g/mol. The highest BCUT2D eigenvalue weighted by molar-refractivity contribution is 6.11. The summed E-state index contributed by atoms with van der Waals surface area (Å²) < 4.78 is 10.5. The molecule has 4 rings (SSSR count). The maximum absolute atomic E-state index is 12.9. The highest BCUT2D eigenvalue weighted by Crippen LogP contribution is 2.33. The van der Waals surface area contributed by atoms with E-state index in [0.717, 1.165) is 11.3 Å². The Balaban J connectivity index is 1.49. The molecule has 2 atom stereocenters. The summed E-state index contributed by atoms with van der Waals surface area (Å²) in [5.41, 5.74) is 1.68. The summed E-state index contributed by atoms with van der Waals surface area (Å²) in [5.74, 6) is 0.662. The Kier molecular flexibility index (Phi) is 4.68. The molecule has 1 fully saturated rings. The van der Waals surface area contributed by atoms with Gasteiger partial charge in [-0.3, -0.25) is 14.5 Å². The third-order valence-corrected chi connectivity index (χ3v) is 4.97. The van der Waals surface area contributed by atoms with Gasteiger partial charge in [-0.15, -0.1) is 0 Å². The Labute approximate surface area is 162 Å². The van der Waals surface area contributed by atoms with Gasteiger partial charge in [0, 0.05) is 6.54 Å². The summed E-state index contributed by atoms with van der Waals surface area (Å²) in [6.07, 6.45) is 0.514. The zero-order valence-electron chi connectivity index (χ0n) is 15.6. The Morgan fingerprint density at radius 2 is 1.71 bits per heavy atom. The molecule has 0 radical (unpaired) electrons. The van der Waals surface area contributed by atoms with Crippen molar-refractivity contribution in [1.82, 2.24) is 4.90 Å². The van der Waals surface area contributed by atoms with Crippen molar-refractivity contribution in [2.75, 3.05) is 25.8 Å². The number of carbonyl (C=O) groups excluding carboxylic acids is 2. The number of benzene rings is 2. The number of fused-ring (bicyclic) bond motifs is 1. The summed E-state index contributed by atoms with van der Waals surface area (Å²) in [7, 11) is 3.14. The largest absolute Gasteiger partial charge is 0.493 e. The van der Waals surface area contributed by atoms with Gasteiger partial charge < -0.3 is 9.47 Å². The minimum absolute atomic E-state index is 0.274. The summed E-state index contributed by atoms with van der Waals surface area (Å²) in [4.78, 5) is 26.9. The predicted molar refractivity (Wildman–Crippen MR) is 101 cm³/mol. The molecule has 0 N–H and O–H groups in total. The van der Waals surface area contributed by atoms with E-state index in [1.165, 1.54) is 9.91 Å². The molecule has 28 heavy (non-hydrogen) atoms. The second kappa shape index (κ2) is 7.30. The van der Waals surface area contributed by atoms with Gasteiger partial charge in [-0.25, -0.2) is 5.01 Å². The maximum atomic E-state index is 12.9. The molecule has 0 spiro atoms. The van der Waals surface area contributed by atoms with Crippen molar-refractivity contribution in [3.63, 3.8) is 0 Å². The Hall–Kier alpha value is -3.42. The minimum atomic E-state index is -0.780. The minimum Gasteiger partial charge on any atom is -0.493 e. The molecule has 0 saturated carbocycles. The van der Waals surface area contributed by atoms with Gasteiger partial charge in [-0.1, -0.05) is 29.5 Å². The van der Waals surface area contributed by atoms with Gasteiger partial charge in [0.2, 0.25) is 0 Å². The zero-order chi connectivity index (χ0) is 19.7. The van der Waals surface area contributed by atoms with Crippen molar-refractivity contribution in [3.05, 3.63) is 54.1 Å². The zero-order valence-corrected chi connectivity index (χ0v) is 15.6. The third kappa shape index (κ3) is 2.96. The molecule has 2 amide bonds. The number of amides is 2. The first-order valence-corrected chi connectivity index (χ1v) is 8.95. The van der Waals surface area contributed by atoms with Crippen LogP contribution < -0.4 is 14.5 Å². The first-order valence-electron chi connectivity index (χ1n) is 8.95. The Bertz CT molecular complexity index is 931. The van der Waals surface area contributed by atoms with Gasteiger partial charge in [-0.2, -0.15) is 5.11 Å². The van der Waals surface area contributed by atoms with Gasteiger partial charge >= 0.3 is 0 Å². The third-order valence-electron chi connectivity index (χ3n) is 4.97. The molecule has 8 heteroatoms. The number of hydrogen-bond donors (Lipinski definition) is 0. The molecule has 2 aromatic rings. The van der Waals surface area contributed by atoms with E-state index in [9.17, 15) is 9.59 Å². The van der Waals surface area contributed by atoms with Crippen LogP contribution in [0.4, 0.5) is 5.69 Å². The van der Waals surface area contributed by atoms with Gasteiger partial charge in [0.15, 0.2) is 23.6 Å². The van der Waals surface area contributed by atoms with Crippen molar-refractivity contribution < 1.29 is 19.1 Å². The van der Waals surface area contributed by atoms with Crippen LogP contribution in [-0.4, -0.2) is 49.6 Å². The van der Waals surface area contributed by atoms with Crippen LogP contribution in [-0.2, 0) is 16.0 Å². The number of carbonyl (C=O) groups is 2. The van der Waals surface area contributed by atoms with Crippen LogP contribution in [0.1, 0.15) is 5.56 Å². The average Bonchev–Trinajstić information content (AvgIpc) is 3.27. The van der Waals surface area contributed by atoms with Crippen LogP contribution in [0.15, 0.2) is 58.9 Å². The molecule has 0 aliphatic carbocycles. The molecular formula is C20H20N4O4. The van der Waals surface area contributed by atoms with E-state index in [1.54, 1.807) is 14.2 Å². The molecule has 1 saturated heterocycles. The van der Waals surface area contributed by atoms with Gasteiger partial charge in [0.1, 0.15) is 0 Å². The number of para-hydroxylation sites is 1. The molecule has 0 unspecified atom stereocenters. The number of likely N-dealkylation sites (tertiary alicyclic amines) is 1. The highest BCUT2D eigenvalue weighted by atomic mass is 16.5. The molecule has 144 valence electrons. The number of nitrogens with zero attached hydrogens (tertiary/aromatic N) is 4. The van der Waals surface area contributed by atoms with Crippen LogP contribution in [0.25, 0.3) is 0 Å². The lowest BCUT2D eigenvalue weighted by atomic mass is 10.1. The Morgan fingerprint density at radius 3 is 2.43 bits per heavy atom. The molecule has 2 aromatic carbocycles. The van der Waals surface area contributed by atoms with Crippen molar-refractivity contribution in [2.45, 2.75) is 18.5 Å². The number of anilines is 1. The van der Waals surface area contributed by atoms with E-state index in [2.05, 4.69) is 10.3 Å². The van der Waals surface area contributed by atoms with Crippen molar-refractivity contribution in [3.8, 4) is 11.5 Å². The number of imide groups is 1. The quantitative estimate of drug-likeness (QED) is 0.718. The monoisotopic (exact) mass is 380 g/mol. The summed E-state index contributed by atoms with van der Waals surface area (Å²) in [6, 6.07) is 13.3. The second-order valence-corrected chi connectivity index (χ2v) is 6.54. The van der Waals surface area contributed by atoms with Gasteiger partial charge in [0.25, 0.3) is 11.8 Å². The van der Waals surface area contributed by atoms with Crippen LogP contribution in [0.5, 0.6) is 11.5 Å². The fraction of sp³-hybridized carbons (Fsp3) is 0.300. The van der Waals surface area contributed by atoms with Gasteiger partial charge in [0.05, 0.1) is 19.9 Å². The number of rotatable bonds is 6. The molecule has 0 aromatic heterocycles. The SMILES string of the molecule is COc1ccc(CCN2C(=O)[C@H]3N=NN(c4ccccc4)[C@@H]3C2=O)cc1OC. The lowest BCUT2D eigenvalue weighted by Gasteiger charge is -2.20. The Morgan fingerprint density at radius 1 is 0.964 bits per heavy atom. The van der Waals surface area contributed by atoms with E-state index in [-0.39, 0.29) is 18.4 Å². The van der Waals surface area contributed by atoms with E-state index in [0.29, 0.717) is 17.9 Å². The topological polar surface area (TPSA) is 83.8 Å². The normalized spacial score (nSPS) is 20.6. The molecule has 0 bridgehead atoms. The van der Waals surface area contributed by atoms with E-state index in [1.807, 2.05) is 48.5 Å². The molecule has 2 aliphatic heterocycles. The van der Waals surface area contributed by atoms with Crippen molar-refractivity contribution >= 4 is 17.5 Å². The molecule has 8 nitrogen and oxygen atoms in total. The van der Waals surface area contributed by atoms with E-state index < -0.39 is 12.1 Å². The smallest absolute Gasteiger partial charge is 0.258 e. The van der Waals surface area contributed by atoms with Crippen LogP contribution in [0, 0.1) is 0 Å². The summed E-state index contributed by atoms with van der Waals surface area (Å²) in [6.45, 7) is 0.276. The van der Waals surface area contributed by atoms with Crippen LogP contribution >= 0.6 is 0 Å². The van der Waals surface area contributed by atoms with Crippen LogP contribution in [0.2, 0.25) is 0 Å². The molecule has 2 aliphatic rings. The lowest BCUT2D eigenvalue weighted by molar-refractivity contribution is -0.139. The fourth-order valence-corrected chi connectivity index (χ4v) is 3.51. The van der Waals surface area contributed by atoms with E-state index >= 15 is 0 Å². The number of hydrogen-bond acceptors (Lipinski definition) is 7. The molecule has 2 heterocycles. The first-order chi connectivity index (χ1) is 13.6. The van der Waals surface area contributed by atoms with Gasteiger partial charge in [-0.05, 0) is 36.2 Å². The van der Waals surface area contributed by atoms with Crippen molar-refractivity contribution in [2.24, 2.45) is 10.3 Å². The second-order valence-electron chi connectivity index (χ2n) is 6.54. The van der Waals surface area contributed by atoms with E-state index in [4.69, 9.17) is 9.47 Å². The first kappa shape index (κ1) is 18.0. The fourth-order valence-electron chi connectivity index (χ4n) is 3.51. The summed E-state index contributed by atoms with van der Waals surface area (Å²) >= 11 is 0. The standard InChI is InChI=1S/C20H20N4O4/c1-27-15-9-8-13(12-16(15)28-2)10-11-23-19(25)17-18(20(23)26)24(22-21-17)14-6-4-3-5-7-14/h3-9,12,17-18H,10-11H2,1-2H3/t17-,18-/m0/s1. The number of methoxy groups -OCH3 is 2. The number of ether oxygens (including phenoxy) is 2. The predicted octanol–water partition coefficient (Wildman–Crippen LogP) is 2.24. The van der Waals surface area contributed by atoms with Crippen LogP contribution in [0.3, 0.4) is 0 Å². The lowest BCUT2D eigenvalue weighted by Crippen LogP contribution is -2.40. The maximum Gasteiger partial charge on any atom is 0.258 e. The highest BCUT2D eigenvalue weighted by Gasteiger charge is 2.54. The summed E-state index contributed by atoms with van der Waals surface area (Å²) in [5, 5.41) is 9.62. The average molecular weight is 380 g/mol. The van der Waals surface area contributed by atoms with Crippen molar-refractivity contribution in [1.29, 1.82) is 0 Å².